The molecule has 2 rings (SSSR count). The minimum atomic E-state index is 0.461. The first-order valence-electron chi connectivity index (χ1n) is 6.63. The molecule has 0 spiro atoms. The lowest BCUT2D eigenvalue weighted by Gasteiger charge is -2.20. The molecule has 0 saturated heterocycles. The van der Waals surface area contributed by atoms with E-state index in [1.165, 1.54) is 5.56 Å². The number of hydrogen-bond donors (Lipinski definition) is 1. The first-order chi connectivity index (χ1) is 9.71. The smallest absolute Gasteiger partial charge is 0.140 e. The zero-order chi connectivity index (χ0) is 14.4. The van der Waals surface area contributed by atoms with Crippen molar-refractivity contribution in [1.29, 1.82) is 5.26 Å². The van der Waals surface area contributed by atoms with Crippen LogP contribution in [0.25, 0.3) is 0 Å². The molecule has 0 amide bonds. The summed E-state index contributed by atoms with van der Waals surface area (Å²) in [5.74, 6) is 0. The van der Waals surface area contributed by atoms with Gasteiger partial charge in [-0.05, 0) is 41.9 Å². The molecule has 4 heteroatoms. The lowest BCUT2D eigenvalue weighted by molar-refractivity contribution is 0.271. The molecule has 0 fully saturated rings. The standard InChI is InChI=1S/C16H18N4/c1-2-20(11-13-4-3-5-15(18)8-13)12-14-6-7-19-16(9-14)10-17/h3-9H,2,11-12,18H2,1H3. The molecule has 1 heterocycles. The summed E-state index contributed by atoms with van der Waals surface area (Å²) < 4.78 is 0. The monoisotopic (exact) mass is 266 g/mol. The fourth-order valence-electron chi connectivity index (χ4n) is 2.12. The molecule has 4 nitrogen and oxygen atoms in total. The van der Waals surface area contributed by atoms with Gasteiger partial charge in [0.25, 0.3) is 0 Å². The molecule has 1 aromatic carbocycles. The average molecular weight is 266 g/mol. The van der Waals surface area contributed by atoms with Crippen molar-refractivity contribution in [3.63, 3.8) is 0 Å². The number of nitrogens with zero attached hydrogens (tertiary/aromatic N) is 3. The van der Waals surface area contributed by atoms with Gasteiger partial charge in [-0.15, -0.1) is 0 Å². The van der Waals surface area contributed by atoms with Gasteiger partial charge in [0.15, 0.2) is 0 Å². The lowest BCUT2D eigenvalue weighted by Crippen LogP contribution is -2.22. The molecule has 0 unspecified atom stereocenters. The molecule has 0 atom stereocenters. The molecule has 0 saturated carbocycles. The quantitative estimate of drug-likeness (QED) is 0.845. The van der Waals surface area contributed by atoms with Gasteiger partial charge in [-0.25, -0.2) is 4.98 Å². The van der Waals surface area contributed by atoms with Gasteiger partial charge >= 0.3 is 0 Å². The van der Waals surface area contributed by atoms with Crippen molar-refractivity contribution in [1.82, 2.24) is 9.88 Å². The second-order valence-electron chi connectivity index (χ2n) is 4.71. The van der Waals surface area contributed by atoms with Gasteiger partial charge in [0.05, 0.1) is 0 Å². The van der Waals surface area contributed by atoms with Crippen molar-refractivity contribution in [3.8, 4) is 6.07 Å². The molecule has 2 aromatic rings. The van der Waals surface area contributed by atoms with E-state index in [0.29, 0.717) is 5.69 Å². The Hall–Kier alpha value is -2.38. The van der Waals surface area contributed by atoms with Crippen molar-refractivity contribution in [2.75, 3.05) is 12.3 Å². The fourth-order valence-corrected chi connectivity index (χ4v) is 2.12. The number of nitrogen functional groups attached to an aromatic ring is 1. The van der Waals surface area contributed by atoms with Crippen molar-refractivity contribution >= 4 is 5.69 Å². The molecule has 0 aliphatic heterocycles. The van der Waals surface area contributed by atoms with E-state index in [1.807, 2.05) is 30.3 Å². The SMILES string of the molecule is CCN(Cc1cccc(N)c1)Cc1ccnc(C#N)c1. The van der Waals surface area contributed by atoms with Crippen LogP contribution in [0.15, 0.2) is 42.6 Å². The minimum absolute atomic E-state index is 0.461. The molecule has 1 aromatic heterocycles. The minimum Gasteiger partial charge on any atom is -0.399 e. The molecule has 0 aliphatic rings. The van der Waals surface area contributed by atoms with Crippen LogP contribution in [0.3, 0.4) is 0 Å². The molecular weight excluding hydrogens is 248 g/mol. The van der Waals surface area contributed by atoms with E-state index in [-0.39, 0.29) is 0 Å². The maximum Gasteiger partial charge on any atom is 0.140 e. The van der Waals surface area contributed by atoms with Gasteiger partial charge in [-0.1, -0.05) is 19.1 Å². The molecule has 102 valence electrons. The van der Waals surface area contributed by atoms with Gasteiger partial charge in [-0.3, -0.25) is 4.90 Å². The third kappa shape index (κ3) is 3.81. The second-order valence-corrected chi connectivity index (χ2v) is 4.71. The Morgan fingerprint density at radius 1 is 1.20 bits per heavy atom. The molecule has 0 radical (unpaired) electrons. The van der Waals surface area contributed by atoms with E-state index in [4.69, 9.17) is 11.0 Å². The van der Waals surface area contributed by atoms with Gasteiger partial charge < -0.3 is 5.73 Å². The van der Waals surface area contributed by atoms with Crippen LogP contribution in [-0.2, 0) is 13.1 Å². The highest BCUT2D eigenvalue weighted by Gasteiger charge is 2.06. The predicted octanol–water partition coefficient (Wildman–Crippen LogP) is 2.56. The highest BCUT2D eigenvalue weighted by molar-refractivity contribution is 5.40. The number of hydrogen-bond acceptors (Lipinski definition) is 4. The van der Waals surface area contributed by atoms with Crippen LogP contribution in [0.4, 0.5) is 5.69 Å². The maximum absolute atomic E-state index is 8.88. The van der Waals surface area contributed by atoms with Crippen LogP contribution in [-0.4, -0.2) is 16.4 Å². The van der Waals surface area contributed by atoms with Crippen molar-refractivity contribution < 1.29 is 0 Å². The van der Waals surface area contributed by atoms with Crippen LogP contribution in [0.5, 0.6) is 0 Å². The Morgan fingerprint density at radius 3 is 2.60 bits per heavy atom. The second kappa shape index (κ2) is 6.69. The largest absolute Gasteiger partial charge is 0.399 e. The predicted molar refractivity (Wildman–Crippen MR) is 79.6 cm³/mol. The molecular formula is C16H18N4. The number of aromatic nitrogens is 1. The Bertz CT molecular complexity index is 616. The third-order valence-electron chi connectivity index (χ3n) is 3.15. The van der Waals surface area contributed by atoms with Gasteiger partial charge in [0, 0.05) is 25.0 Å². The van der Waals surface area contributed by atoms with Crippen molar-refractivity contribution in [2.24, 2.45) is 0 Å². The number of nitrogens with two attached hydrogens (primary N) is 1. The van der Waals surface area contributed by atoms with E-state index < -0.39 is 0 Å². The fraction of sp³-hybridized carbons (Fsp3) is 0.250. The number of benzene rings is 1. The summed E-state index contributed by atoms with van der Waals surface area (Å²) in [7, 11) is 0. The molecule has 0 bridgehead atoms. The Labute approximate surface area is 119 Å². The van der Waals surface area contributed by atoms with Crippen LogP contribution in [0.2, 0.25) is 0 Å². The number of pyridine rings is 1. The van der Waals surface area contributed by atoms with Gasteiger partial charge in [-0.2, -0.15) is 5.26 Å². The summed E-state index contributed by atoms with van der Waals surface area (Å²) in [6.07, 6.45) is 1.68. The van der Waals surface area contributed by atoms with Crippen molar-refractivity contribution in [2.45, 2.75) is 20.0 Å². The normalized spacial score (nSPS) is 10.4. The first kappa shape index (κ1) is 14.0. The van der Waals surface area contributed by atoms with Crippen LogP contribution < -0.4 is 5.73 Å². The zero-order valence-electron chi connectivity index (χ0n) is 11.6. The van der Waals surface area contributed by atoms with E-state index in [9.17, 15) is 0 Å². The van der Waals surface area contributed by atoms with Crippen LogP contribution in [0.1, 0.15) is 23.7 Å². The number of anilines is 1. The summed E-state index contributed by atoms with van der Waals surface area (Å²) in [5, 5.41) is 8.88. The maximum atomic E-state index is 8.88. The highest BCUT2D eigenvalue weighted by Crippen LogP contribution is 2.12. The van der Waals surface area contributed by atoms with Gasteiger partial charge in [0.1, 0.15) is 11.8 Å². The van der Waals surface area contributed by atoms with E-state index in [0.717, 1.165) is 30.9 Å². The van der Waals surface area contributed by atoms with E-state index in [1.54, 1.807) is 6.20 Å². The first-order valence-corrected chi connectivity index (χ1v) is 6.63. The number of nitriles is 1. The van der Waals surface area contributed by atoms with E-state index >= 15 is 0 Å². The van der Waals surface area contributed by atoms with Crippen molar-refractivity contribution in [3.05, 3.63) is 59.4 Å². The van der Waals surface area contributed by atoms with Crippen LogP contribution in [0, 0.1) is 11.3 Å². The Kier molecular flexibility index (Phi) is 4.70. The Balaban J connectivity index is 2.07. The Morgan fingerprint density at radius 2 is 1.95 bits per heavy atom. The molecule has 20 heavy (non-hydrogen) atoms. The molecule has 2 N–H and O–H groups in total. The highest BCUT2D eigenvalue weighted by atomic mass is 15.1. The number of rotatable bonds is 5. The van der Waals surface area contributed by atoms with Crippen LogP contribution >= 0.6 is 0 Å². The summed E-state index contributed by atoms with van der Waals surface area (Å²) in [5.41, 5.74) is 9.35. The molecule has 0 aliphatic carbocycles. The van der Waals surface area contributed by atoms with E-state index in [2.05, 4.69) is 28.9 Å². The topological polar surface area (TPSA) is 65.9 Å². The summed E-state index contributed by atoms with van der Waals surface area (Å²) in [4.78, 5) is 6.29. The summed E-state index contributed by atoms with van der Waals surface area (Å²) in [6.45, 7) is 4.69. The zero-order valence-corrected chi connectivity index (χ0v) is 11.6. The van der Waals surface area contributed by atoms with Gasteiger partial charge in [0.2, 0.25) is 0 Å². The third-order valence-corrected chi connectivity index (χ3v) is 3.15. The average Bonchev–Trinajstić information content (AvgIpc) is 2.47. The summed E-state index contributed by atoms with van der Waals surface area (Å²) >= 11 is 0. The summed E-state index contributed by atoms with van der Waals surface area (Å²) in [6, 6.07) is 13.8. The lowest BCUT2D eigenvalue weighted by atomic mass is 10.1.